The van der Waals surface area contributed by atoms with Gasteiger partial charge in [0.05, 0.1) is 34.3 Å². The van der Waals surface area contributed by atoms with E-state index in [2.05, 4.69) is 0 Å². The van der Waals surface area contributed by atoms with E-state index in [-0.39, 0.29) is 22.9 Å². The molecule has 4 rings (SSSR count). The largest absolute Gasteiger partial charge is 0.362 e. The molecule has 0 aromatic heterocycles. The second-order valence-electron chi connectivity index (χ2n) is 5.74. The van der Waals surface area contributed by atoms with Gasteiger partial charge in [-0.05, 0) is 25.1 Å². The zero-order valence-corrected chi connectivity index (χ0v) is 11.8. The number of carbonyl (C=O) groups excluding carboxylic acids is 2. The normalized spacial score (nSPS) is 36.7. The topological polar surface area (TPSA) is 46.6 Å². The van der Waals surface area contributed by atoms with Crippen LogP contribution in [0.5, 0.6) is 0 Å². The molecule has 0 aliphatic carbocycles. The van der Waals surface area contributed by atoms with Gasteiger partial charge in [-0.3, -0.25) is 9.59 Å². The molecule has 0 unspecified atom stereocenters. The van der Waals surface area contributed by atoms with Crippen molar-refractivity contribution in [1.82, 2.24) is 0 Å². The molecule has 2 amide bonds. The van der Waals surface area contributed by atoms with E-state index in [4.69, 9.17) is 16.3 Å². The van der Waals surface area contributed by atoms with Gasteiger partial charge in [-0.25, -0.2) is 9.29 Å². The summed E-state index contributed by atoms with van der Waals surface area (Å²) in [6.45, 7) is 1.81. The Kier molecular flexibility index (Phi) is 2.43. The zero-order chi connectivity index (χ0) is 14.9. The lowest BCUT2D eigenvalue weighted by Crippen LogP contribution is -2.38. The van der Waals surface area contributed by atoms with Crippen molar-refractivity contribution in [2.45, 2.75) is 18.6 Å². The van der Waals surface area contributed by atoms with Crippen molar-refractivity contribution >= 4 is 29.1 Å². The molecule has 4 atom stereocenters. The quantitative estimate of drug-likeness (QED) is 0.591. The molecule has 0 saturated carbocycles. The molecule has 4 nitrogen and oxygen atoms in total. The standard InChI is InChI=1S/C15H11ClFNO3/c1-15-5-4-10(21-15)11-12(15)14(20)18(13(11)19)7-2-3-9(17)8(16)6-7/h2-6,10-12H,1H3/t10-,11+,12-,15+/m1/s1. The summed E-state index contributed by atoms with van der Waals surface area (Å²) in [6.07, 6.45) is 3.30. The third-order valence-electron chi connectivity index (χ3n) is 4.49. The molecule has 108 valence electrons. The van der Waals surface area contributed by atoms with E-state index < -0.39 is 23.3 Å². The number of anilines is 1. The van der Waals surface area contributed by atoms with Crippen LogP contribution in [0.15, 0.2) is 30.4 Å². The molecule has 2 saturated heterocycles. The Balaban J connectivity index is 1.78. The Morgan fingerprint density at radius 3 is 2.76 bits per heavy atom. The van der Waals surface area contributed by atoms with Crippen LogP contribution in [-0.2, 0) is 14.3 Å². The van der Waals surface area contributed by atoms with Gasteiger partial charge in [0.1, 0.15) is 5.82 Å². The summed E-state index contributed by atoms with van der Waals surface area (Å²) < 4.78 is 19.0. The second kappa shape index (κ2) is 3.93. The van der Waals surface area contributed by atoms with Crippen LogP contribution in [0, 0.1) is 17.7 Å². The van der Waals surface area contributed by atoms with Crippen molar-refractivity contribution in [3.63, 3.8) is 0 Å². The van der Waals surface area contributed by atoms with Crippen LogP contribution in [0.25, 0.3) is 0 Å². The van der Waals surface area contributed by atoms with E-state index in [1.54, 1.807) is 6.92 Å². The van der Waals surface area contributed by atoms with E-state index in [1.165, 1.54) is 12.1 Å². The fourth-order valence-corrected chi connectivity index (χ4v) is 3.71. The molecular formula is C15H11ClFNO3. The number of carbonyl (C=O) groups is 2. The van der Waals surface area contributed by atoms with Crippen molar-refractivity contribution < 1.29 is 18.7 Å². The molecule has 3 aliphatic heterocycles. The highest BCUT2D eigenvalue weighted by Crippen LogP contribution is 2.52. The van der Waals surface area contributed by atoms with Gasteiger partial charge in [-0.1, -0.05) is 23.8 Å². The van der Waals surface area contributed by atoms with Crippen molar-refractivity contribution in [2.75, 3.05) is 4.90 Å². The Morgan fingerprint density at radius 2 is 2.10 bits per heavy atom. The van der Waals surface area contributed by atoms with Gasteiger partial charge in [0.2, 0.25) is 11.8 Å². The molecule has 21 heavy (non-hydrogen) atoms. The van der Waals surface area contributed by atoms with E-state index in [0.717, 1.165) is 11.0 Å². The highest BCUT2D eigenvalue weighted by molar-refractivity contribution is 6.31. The summed E-state index contributed by atoms with van der Waals surface area (Å²) >= 11 is 5.74. The van der Waals surface area contributed by atoms with Crippen LogP contribution in [0.4, 0.5) is 10.1 Å². The summed E-state index contributed by atoms with van der Waals surface area (Å²) in [6, 6.07) is 3.83. The van der Waals surface area contributed by atoms with Gasteiger partial charge in [-0.15, -0.1) is 0 Å². The minimum atomic E-state index is -0.735. The number of imide groups is 1. The zero-order valence-electron chi connectivity index (χ0n) is 11.0. The molecule has 3 heterocycles. The molecule has 0 radical (unpaired) electrons. The number of halogens is 2. The van der Waals surface area contributed by atoms with E-state index in [0.29, 0.717) is 5.69 Å². The molecular weight excluding hydrogens is 297 g/mol. The van der Waals surface area contributed by atoms with Gasteiger partial charge in [0, 0.05) is 0 Å². The first-order valence-electron chi connectivity index (χ1n) is 6.62. The number of rotatable bonds is 1. The number of hydrogen-bond donors (Lipinski definition) is 0. The van der Waals surface area contributed by atoms with Crippen molar-refractivity contribution in [1.29, 1.82) is 0 Å². The first kappa shape index (κ1) is 13.0. The lowest BCUT2D eigenvalue weighted by atomic mass is 9.78. The highest BCUT2D eigenvalue weighted by atomic mass is 35.5. The maximum Gasteiger partial charge on any atom is 0.241 e. The molecule has 0 spiro atoms. The predicted octanol–water partition coefficient (Wildman–Crippen LogP) is 2.31. The van der Waals surface area contributed by atoms with E-state index in [9.17, 15) is 14.0 Å². The average Bonchev–Trinajstić information content (AvgIpc) is 3.03. The van der Waals surface area contributed by atoms with Gasteiger partial charge >= 0.3 is 0 Å². The molecule has 1 aromatic rings. The van der Waals surface area contributed by atoms with Crippen molar-refractivity contribution in [3.05, 3.63) is 41.2 Å². The Morgan fingerprint density at radius 1 is 1.33 bits per heavy atom. The lowest BCUT2D eigenvalue weighted by molar-refractivity contribution is -0.126. The van der Waals surface area contributed by atoms with E-state index in [1.807, 2.05) is 12.2 Å². The fourth-order valence-electron chi connectivity index (χ4n) is 3.53. The smallest absolute Gasteiger partial charge is 0.241 e. The minimum Gasteiger partial charge on any atom is -0.362 e. The second-order valence-corrected chi connectivity index (χ2v) is 6.15. The first-order chi connectivity index (χ1) is 9.92. The van der Waals surface area contributed by atoms with Gasteiger partial charge in [-0.2, -0.15) is 0 Å². The minimum absolute atomic E-state index is 0.117. The Labute approximate surface area is 125 Å². The summed E-state index contributed by atoms with van der Waals surface area (Å²) in [5.41, 5.74) is -0.436. The fraction of sp³-hybridized carbons (Fsp3) is 0.333. The van der Waals surface area contributed by atoms with Crippen LogP contribution in [-0.4, -0.2) is 23.5 Å². The number of fused-ring (bicyclic) bond motifs is 5. The molecule has 2 fully saturated rings. The maximum absolute atomic E-state index is 13.3. The highest BCUT2D eigenvalue weighted by Gasteiger charge is 2.66. The van der Waals surface area contributed by atoms with E-state index >= 15 is 0 Å². The van der Waals surface area contributed by atoms with Crippen LogP contribution in [0.3, 0.4) is 0 Å². The number of benzene rings is 1. The summed E-state index contributed by atoms with van der Waals surface area (Å²) in [5.74, 6) is -2.25. The Bertz CT molecular complexity index is 719. The van der Waals surface area contributed by atoms with Crippen LogP contribution < -0.4 is 4.90 Å². The number of nitrogens with zero attached hydrogens (tertiary/aromatic N) is 1. The third kappa shape index (κ3) is 1.53. The third-order valence-corrected chi connectivity index (χ3v) is 4.78. The van der Waals surface area contributed by atoms with Gasteiger partial charge < -0.3 is 4.74 Å². The van der Waals surface area contributed by atoms with Gasteiger partial charge in [0.15, 0.2) is 0 Å². The molecule has 0 N–H and O–H groups in total. The summed E-state index contributed by atoms with van der Waals surface area (Å²) in [5, 5.41) is -0.117. The monoisotopic (exact) mass is 307 g/mol. The molecule has 3 aliphatic rings. The van der Waals surface area contributed by atoms with Crippen LogP contribution in [0.2, 0.25) is 5.02 Å². The van der Waals surface area contributed by atoms with Crippen molar-refractivity contribution in [2.24, 2.45) is 11.8 Å². The SMILES string of the molecule is C[C@@]12C=C[C@@H](O1)[C@@H]1C(=O)N(c3ccc(F)c(Cl)c3)C(=O)[C@@H]12. The average molecular weight is 308 g/mol. The van der Waals surface area contributed by atoms with Crippen LogP contribution >= 0.6 is 11.6 Å². The summed E-state index contributed by atoms with van der Waals surface area (Å²) in [7, 11) is 0. The van der Waals surface area contributed by atoms with Gasteiger partial charge in [0.25, 0.3) is 0 Å². The van der Waals surface area contributed by atoms with Crippen LogP contribution in [0.1, 0.15) is 6.92 Å². The molecule has 6 heteroatoms. The number of amides is 2. The lowest BCUT2D eigenvalue weighted by Gasteiger charge is -2.24. The summed E-state index contributed by atoms with van der Waals surface area (Å²) in [4.78, 5) is 26.3. The molecule has 2 bridgehead atoms. The predicted molar refractivity (Wildman–Crippen MR) is 73.3 cm³/mol. The molecule has 1 aromatic carbocycles. The number of hydrogen-bond acceptors (Lipinski definition) is 3. The van der Waals surface area contributed by atoms with Crippen molar-refractivity contribution in [3.8, 4) is 0 Å². The Hall–Kier alpha value is -1.72. The first-order valence-corrected chi connectivity index (χ1v) is 7.00. The number of ether oxygens (including phenoxy) is 1. The maximum atomic E-state index is 13.3.